The summed E-state index contributed by atoms with van der Waals surface area (Å²) in [5, 5.41) is 5.36. The van der Waals surface area contributed by atoms with Gasteiger partial charge in [0.05, 0.1) is 11.0 Å². The van der Waals surface area contributed by atoms with E-state index in [2.05, 4.69) is 42.5 Å². The van der Waals surface area contributed by atoms with Crippen LogP contribution in [0.25, 0.3) is 76.5 Å². The van der Waals surface area contributed by atoms with Gasteiger partial charge in [0.2, 0.25) is 0 Å². The van der Waals surface area contributed by atoms with E-state index < -0.39 is 24.2 Å². The normalized spacial score (nSPS) is 14.3. The van der Waals surface area contributed by atoms with Gasteiger partial charge in [0.1, 0.15) is 0 Å². The van der Waals surface area contributed by atoms with E-state index in [4.69, 9.17) is 11.0 Å². The Bertz CT molecular complexity index is 2560. The monoisotopic (exact) mass is 514 g/mol. The van der Waals surface area contributed by atoms with E-state index >= 15 is 0 Å². The van der Waals surface area contributed by atoms with Crippen molar-refractivity contribution >= 4 is 43.1 Å². The molecule has 0 amide bonds. The Balaban J connectivity index is 1.51. The molecular formula is C40H26. The largest absolute Gasteiger partial charge is 0.0629 e. The molecule has 8 aromatic carbocycles. The Hall–Kier alpha value is -5.20. The van der Waals surface area contributed by atoms with Crippen molar-refractivity contribution in [3.63, 3.8) is 0 Å². The first-order chi connectivity index (χ1) is 23.2. The molecule has 0 bridgehead atoms. The lowest BCUT2D eigenvalue weighted by Crippen LogP contribution is -1.91. The van der Waals surface area contributed by atoms with Gasteiger partial charge in [-0.3, -0.25) is 0 Å². The summed E-state index contributed by atoms with van der Waals surface area (Å²) in [5.74, 6) is 0. The summed E-state index contributed by atoms with van der Waals surface area (Å²) in [6, 6.07) is 32.6. The van der Waals surface area contributed by atoms with Gasteiger partial charge in [-0.15, -0.1) is 0 Å². The predicted octanol–water partition coefficient (Wildman–Crippen LogP) is 11.3. The highest BCUT2D eigenvalue weighted by Gasteiger charge is 2.16. The lowest BCUT2D eigenvalue weighted by molar-refractivity contribution is 1.63. The van der Waals surface area contributed by atoms with Crippen molar-refractivity contribution in [1.82, 2.24) is 0 Å². The van der Waals surface area contributed by atoms with E-state index in [9.17, 15) is 0 Å². The molecule has 8 aromatic rings. The summed E-state index contributed by atoms with van der Waals surface area (Å²) in [5.41, 5.74) is 3.66. The van der Waals surface area contributed by atoms with Crippen LogP contribution in [0, 0.1) is 0 Å². The molecule has 0 aliphatic carbocycles. The zero-order chi connectivity index (χ0) is 33.4. The van der Waals surface area contributed by atoms with E-state index in [0.29, 0.717) is 22.3 Å². The molecule has 0 aliphatic heterocycles. The van der Waals surface area contributed by atoms with Crippen LogP contribution < -0.4 is 0 Å². The lowest BCUT2D eigenvalue weighted by atomic mass is 9.85. The number of fused-ring (bicyclic) bond motifs is 5. The van der Waals surface area contributed by atoms with Gasteiger partial charge in [0, 0.05) is 0 Å². The number of rotatable bonds is 3. The molecule has 0 heterocycles. The van der Waals surface area contributed by atoms with Gasteiger partial charge in [-0.1, -0.05) is 145 Å². The van der Waals surface area contributed by atoms with Gasteiger partial charge in [-0.2, -0.15) is 0 Å². The molecule has 0 unspecified atom stereocenters. The molecule has 40 heavy (non-hydrogen) atoms. The molecule has 0 aromatic heterocycles. The maximum atomic E-state index is 9.16. The van der Waals surface area contributed by atoms with Gasteiger partial charge in [0.25, 0.3) is 0 Å². The van der Waals surface area contributed by atoms with Gasteiger partial charge in [-0.05, 0) is 88.6 Å². The summed E-state index contributed by atoms with van der Waals surface area (Å²) in [4.78, 5) is 0. The summed E-state index contributed by atoms with van der Waals surface area (Å²) < 4.78 is 71.0. The molecule has 0 fully saturated rings. The van der Waals surface area contributed by atoms with Crippen molar-refractivity contribution in [3.05, 3.63) is 158 Å². The Morgan fingerprint density at radius 3 is 1.57 bits per heavy atom. The summed E-state index contributed by atoms with van der Waals surface area (Å²) in [7, 11) is 0. The first-order valence-corrected chi connectivity index (χ1v) is 13.2. The molecule has 0 heteroatoms. The number of hydrogen-bond acceptors (Lipinski definition) is 0. The highest BCUT2D eigenvalue weighted by Crippen LogP contribution is 2.44. The van der Waals surface area contributed by atoms with Crippen LogP contribution >= 0.6 is 0 Å². The van der Waals surface area contributed by atoms with Crippen LogP contribution in [0.3, 0.4) is 0 Å². The van der Waals surface area contributed by atoms with Crippen molar-refractivity contribution in [2.45, 2.75) is 0 Å². The second-order valence-corrected chi connectivity index (χ2v) is 9.92. The van der Waals surface area contributed by atoms with E-state index in [1.807, 2.05) is 42.5 Å². The second kappa shape index (κ2) is 9.22. The van der Waals surface area contributed by atoms with Crippen LogP contribution in [0.15, 0.2) is 158 Å². The van der Waals surface area contributed by atoms with Crippen LogP contribution in [0.1, 0.15) is 11.0 Å². The molecule has 186 valence electrons. The van der Waals surface area contributed by atoms with E-state index in [0.717, 1.165) is 32.7 Å². The van der Waals surface area contributed by atoms with Crippen molar-refractivity contribution in [3.8, 4) is 33.4 Å². The molecule has 0 aliphatic rings. The van der Waals surface area contributed by atoms with E-state index in [-0.39, 0.29) is 45.7 Å². The minimum Gasteiger partial charge on any atom is -0.0622 e. The molecular weight excluding hydrogens is 480 g/mol. The highest BCUT2D eigenvalue weighted by atomic mass is 14.2. The Morgan fingerprint density at radius 2 is 0.850 bits per heavy atom. The molecule has 8 rings (SSSR count). The Morgan fingerprint density at radius 1 is 0.325 bits per heavy atom. The zero-order valence-corrected chi connectivity index (χ0v) is 21.4. The second-order valence-electron chi connectivity index (χ2n) is 9.92. The molecule has 0 saturated heterocycles. The third-order valence-corrected chi connectivity index (χ3v) is 7.67. The molecule has 0 nitrogen and oxygen atoms in total. The number of benzene rings is 8. The van der Waals surface area contributed by atoms with Crippen LogP contribution in [0.5, 0.6) is 0 Å². The molecule has 0 N–H and O–H groups in total. The van der Waals surface area contributed by atoms with Crippen LogP contribution in [-0.2, 0) is 0 Å². The predicted molar refractivity (Wildman–Crippen MR) is 173 cm³/mol. The summed E-state index contributed by atoms with van der Waals surface area (Å²) in [6.45, 7) is 0. The summed E-state index contributed by atoms with van der Waals surface area (Å²) in [6.07, 6.45) is 0. The van der Waals surface area contributed by atoms with E-state index in [1.54, 1.807) is 24.3 Å². The quantitative estimate of drug-likeness (QED) is 0.162. The smallest absolute Gasteiger partial charge is 0.0622 e. The fraction of sp³-hybridized carbons (Fsp3) is 0. The first-order valence-electron chi connectivity index (χ1n) is 17.2. The van der Waals surface area contributed by atoms with Gasteiger partial charge in [-0.25, -0.2) is 0 Å². The molecule has 0 saturated carbocycles. The average molecular weight is 515 g/mol. The first kappa shape index (κ1) is 16.0. The van der Waals surface area contributed by atoms with Gasteiger partial charge in [0.15, 0.2) is 0 Å². The van der Waals surface area contributed by atoms with Gasteiger partial charge < -0.3 is 0 Å². The fourth-order valence-electron chi connectivity index (χ4n) is 5.85. The van der Waals surface area contributed by atoms with Crippen molar-refractivity contribution in [1.29, 1.82) is 0 Å². The van der Waals surface area contributed by atoms with Crippen molar-refractivity contribution < 1.29 is 11.0 Å². The maximum absolute atomic E-state index is 9.16. The lowest BCUT2D eigenvalue weighted by Gasteiger charge is -2.18. The van der Waals surface area contributed by atoms with Gasteiger partial charge >= 0.3 is 0 Å². The minimum atomic E-state index is -0.411. The highest BCUT2D eigenvalue weighted by molar-refractivity contribution is 6.21. The zero-order valence-electron chi connectivity index (χ0n) is 29.4. The topological polar surface area (TPSA) is 0 Å². The Kier molecular flexibility index (Phi) is 3.70. The Labute approximate surface area is 245 Å². The fourth-order valence-corrected chi connectivity index (χ4v) is 5.85. The third-order valence-electron chi connectivity index (χ3n) is 7.67. The van der Waals surface area contributed by atoms with Crippen LogP contribution in [0.4, 0.5) is 0 Å². The maximum Gasteiger partial charge on any atom is 0.0629 e. The van der Waals surface area contributed by atoms with E-state index in [1.165, 1.54) is 0 Å². The minimum absolute atomic E-state index is 0.208. The SMILES string of the molecule is [2H]c1c([2H])c([2H])c2c(-c3cccc(-c4ccc5c(ccc6ccccc65)c4)c3)c3c([2H])c([2H])c([2H])c([2H])c3c(-c3ccccc3)c2c1[2H]. The molecule has 0 radical (unpaired) electrons. The van der Waals surface area contributed by atoms with Crippen LogP contribution in [-0.4, -0.2) is 0 Å². The molecule has 0 atom stereocenters. The summed E-state index contributed by atoms with van der Waals surface area (Å²) >= 11 is 0. The standard InChI is InChI=1S/C40H26/c1-2-12-28(13-3-1)39-35-17-6-8-19-37(35)40(38-20-9-7-18-36(38)39)32-15-10-14-29(26-32)30-23-24-34-31(25-30)22-21-27-11-4-5-16-33(27)34/h1-26H/i6D,7D,8D,9D,17D,18D,19D,20D. The van der Waals surface area contributed by atoms with Crippen LogP contribution in [0.2, 0.25) is 0 Å². The number of hydrogen-bond donors (Lipinski definition) is 0. The third kappa shape index (κ3) is 3.61. The van der Waals surface area contributed by atoms with Crippen molar-refractivity contribution in [2.75, 3.05) is 0 Å². The molecule has 0 spiro atoms. The average Bonchev–Trinajstić information content (AvgIpc) is 3.13. The van der Waals surface area contributed by atoms with Crippen molar-refractivity contribution in [2.24, 2.45) is 0 Å².